The number of hydrogen-bond donors (Lipinski definition) is 0. The summed E-state index contributed by atoms with van der Waals surface area (Å²) in [5.41, 5.74) is 1.29. The van der Waals surface area contributed by atoms with Crippen LogP contribution >= 0.6 is 11.6 Å². The highest BCUT2D eigenvalue weighted by Crippen LogP contribution is 2.23. The van der Waals surface area contributed by atoms with Crippen LogP contribution < -0.4 is 5.32 Å². The summed E-state index contributed by atoms with van der Waals surface area (Å²) >= 11 is 6.12. The van der Waals surface area contributed by atoms with Crippen LogP contribution in [0.4, 0.5) is 0 Å². The molecule has 1 radical (unpaired) electrons. The molecule has 1 aliphatic heterocycles. The fourth-order valence-corrected chi connectivity index (χ4v) is 2.20. The average Bonchev–Trinajstić information content (AvgIpc) is 2.23. The van der Waals surface area contributed by atoms with Crippen LogP contribution in [0.5, 0.6) is 0 Å². The van der Waals surface area contributed by atoms with Crippen molar-refractivity contribution in [2.45, 2.75) is 19.3 Å². The second-order valence-electron chi connectivity index (χ2n) is 3.91. The van der Waals surface area contributed by atoms with Gasteiger partial charge in [0.1, 0.15) is 0 Å². The lowest BCUT2D eigenvalue weighted by molar-refractivity contribution is 0.368. The molecule has 0 unspecified atom stereocenters. The standard InChI is InChI=1S/C12H15ClN/c13-12-4-2-1-3-11(12)9-10-5-7-14-8-6-10/h1-4,10H,5-9H2. The van der Waals surface area contributed by atoms with Crippen molar-refractivity contribution in [1.29, 1.82) is 0 Å². The Morgan fingerprint density at radius 3 is 2.64 bits per heavy atom. The highest BCUT2D eigenvalue weighted by Gasteiger charge is 2.14. The predicted molar refractivity (Wildman–Crippen MR) is 59.7 cm³/mol. The van der Waals surface area contributed by atoms with Crippen LogP contribution in [0.3, 0.4) is 0 Å². The molecule has 0 aliphatic carbocycles. The van der Waals surface area contributed by atoms with Gasteiger partial charge in [-0.3, -0.25) is 0 Å². The van der Waals surface area contributed by atoms with Gasteiger partial charge < -0.3 is 0 Å². The summed E-state index contributed by atoms with van der Waals surface area (Å²) in [4.78, 5) is 0. The van der Waals surface area contributed by atoms with Crippen molar-refractivity contribution >= 4 is 11.6 Å². The molecule has 75 valence electrons. The molecule has 1 aliphatic rings. The number of benzene rings is 1. The number of halogens is 1. The maximum atomic E-state index is 6.12. The van der Waals surface area contributed by atoms with Gasteiger partial charge in [-0.05, 0) is 36.8 Å². The van der Waals surface area contributed by atoms with Gasteiger partial charge in [0.25, 0.3) is 0 Å². The summed E-state index contributed by atoms with van der Waals surface area (Å²) in [5.74, 6) is 0.785. The normalized spacial score (nSPS) is 18.4. The third-order valence-electron chi connectivity index (χ3n) is 2.86. The van der Waals surface area contributed by atoms with Crippen molar-refractivity contribution in [1.82, 2.24) is 5.32 Å². The highest BCUT2D eigenvalue weighted by molar-refractivity contribution is 6.31. The maximum Gasteiger partial charge on any atom is 0.0438 e. The van der Waals surface area contributed by atoms with Crippen molar-refractivity contribution in [3.8, 4) is 0 Å². The van der Waals surface area contributed by atoms with Crippen molar-refractivity contribution in [2.24, 2.45) is 5.92 Å². The van der Waals surface area contributed by atoms with Gasteiger partial charge in [0, 0.05) is 18.1 Å². The van der Waals surface area contributed by atoms with E-state index in [1.54, 1.807) is 0 Å². The Bertz CT molecular complexity index is 292. The molecule has 2 heteroatoms. The minimum Gasteiger partial charge on any atom is -0.242 e. The summed E-state index contributed by atoms with van der Waals surface area (Å²) in [6, 6.07) is 8.16. The van der Waals surface area contributed by atoms with E-state index in [-0.39, 0.29) is 0 Å². The summed E-state index contributed by atoms with van der Waals surface area (Å²) < 4.78 is 0. The third-order valence-corrected chi connectivity index (χ3v) is 3.23. The van der Waals surface area contributed by atoms with Gasteiger partial charge in [0.05, 0.1) is 0 Å². The zero-order chi connectivity index (χ0) is 9.80. The van der Waals surface area contributed by atoms with Gasteiger partial charge >= 0.3 is 0 Å². The molecule has 0 aromatic heterocycles. The van der Waals surface area contributed by atoms with Gasteiger partial charge in [0.2, 0.25) is 0 Å². The van der Waals surface area contributed by atoms with Gasteiger partial charge in [-0.25, -0.2) is 5.32 Å². The van der Waals surface area contributed by atoms with Crippen LogP contribution in [0.1, 0.15) is 18.4 Å². The Morgan fingerprint density at radius 1 is 1.21 bits per heavy atom. The molecule has 1 heterocycles. The first-order valence-electron chi connectivity index (χ1n) is 5.23. The van der Waals surface area contributed by atoms with Gasteiger partial charge in [-0.2, -0.15) is 0 Å². The second kappa shape index (κ2) is 4.81. The van der Waals surface area contributed by atoms with Crippen LogP contribution in [-0.4, -0.2) is 13.1 Å². The minimum absolute atomic E-state index is 0.785. The Balaban J connectivity index is 1.99. The molecule has 0 saturated carbocycles. The zero-order valence-corrected chi connectivity index (χ0v) is 9.00. The molecule has 0 spiro atoms. The molecule has 14 heavy (non-hydrogen) atoms. The van der Waals surface area contributed by atoms with Crippen LogP contribution in [0, 0.1) is 5.92 Å². The monoisotopic (exact) mass is 208 g/mol. The lowest BCUT2D eigenvalue weighted by atomic mass is 9.91. The summed E-state index contributed by atoms with van der Waals surface area (Å²) in [7, 11) is 0. The minimum atomic E-state index is 0.785. The number of rotatable bonds is 2. The molecule has 1 aromatic carbocycles. The van der Waals surface area contributed by atoms with E-state index >= 15 is 0 Å². The van der Waals surface area contributed by atoms with E-state index in [0.717, 1.165) is 30.5 Å². The summed E-state index contributed by atoms with van der Waals surface area (Å²) in [6.45, 7) is 2.07. The van der Waals surface area contributed by atoms with Gasteiger partial charge in [-0.15, -0.1) is 0 Å². The fourth-order valence-electron chi connectivity index (χ4n) is 1.98. The van der Waals surface area contributed by atoms with Crippen LogP contribution in [0.15, 0.2) is 24.3 Å². The number of hydrogen-bond acceptors (Lipinski definition) is 0. The molecule has 1 nitrogen and oxygen atoms in total. The summed E-state index contributed by atoms with van der Waals surface area (Å²) in [6.07, 6.45) is 3.58. The molecule has 2 rings (SSSR count). The smallest absolute Gasteiger partial charge is 0.0438 e. The molecule has 1 saturated heterocycles. The number of piperidine rings is 1. The van der Waals surface area contributed by atoms with Crippen molar-refractivity contribution in [3.05, 3.63) is 34.9 Å². The van der Waals surface area contributed by atoms with Crippen molar-refractivity contribution in [2.75, 3.05) is 13.1 Å². The zero-order valence-electron chi connectivity index (χ0n) is 8.25. The highest BCUT2D eigenvalue weighted by atomic mass is 35.5. The van der Waals surface area contributed by atoms with E-state index in [4.69, 9.17) is 11.6 Å². The lowest BCUT2D eigenvalue weighted by Gasteiger charge is -2.21. The quantitative estimate of drug-likeness (QED) is 0.710. The van der Waals surface area contributed by atoms with Gasteiger partial charge in [0.15, 0.2) is 0 Å². The fraction of sp³-hybridized carbons (Fsp3) is 0.500. The van der Waals surface area contributed by atoms with Crippen molar-refractivity contribution < 1.29 is 0 Å². The van der Waals surface area contributed by atoms with E-state index in [2.05, 4.69) is 17.4 Å². The Hall–Kier alpha value is -0.530. The van der Waals surface area contributed by atoms with Crippen LogP contribution in [0.25, 0.3) is 0 Å². The first kappa shape index (κ1) is 10.0. The van der Waals surface area contributed by atoms with Crippen LogP contribution in [-0.2, 0) is 6.42 Å². The Morgan fingerprint density at radius 2 is 1.93 bits per heavy atom. The summed E-state index contributed by atoms with van der Waals surface area (Å²) in [5, 5.41) is 5.27. The van der Waals surface area contributed by atoms with E-state index in [1.807, 2.05) is 12.1 Å². The largest absolute Gasteiger partial charge is 0.242 e. The first-order chi connectivity index (χ1) is 6.86. The second-order valence-corrected chi connectivity index (χ2v) is 4.32. The molecule has 0 amide bonds. The third kappa shape index (κ3) is 2.49. The molecular weight excluding hydrogens is 194 g/mol. The van der Waals surface area contributed by atoms with E-state index < -0.39 is 0 Å². The van der Waals surface area contributed by atoms with E-state index in [0.29, 0.717) is 0 Å². The van der Waals surface area contributed by atoms with Crippen molar-refractivity contribution in [3.63, 3.8) is 0 Å². The van der Waals surface area contributed by atoms with E-state index in [9.17, 15) is 0 Å². The average molecular weight is 209 g/mol. The molecule has 0 bridgehead atoms. The Labute approximate surface area is 90.5 Å². The van der Waals surface area contributed by atoms with Crippen LogP contribution in [0.2, 0.25) is 5.02 Å². The molecule has 1 fully saturated rings. The maximum absolute atomic E-state index is 6.12. The molecule has 0 N–H and O–H groups in total. The lowest BCUT2D eigenvalue weighted by Crippen LogP contribution is -2.23. The first-order valence-corrected chi connectivity index (χ1v) is 5.61. The topological polar surface area (TPSA) is 14.1 Å². The molecular formula is C12H15ClN. The van der Waals surface area contributed by atoms with Gasteiger partial charge in [-0.1, -0.05) is 29.8 Å². The molecule has 0 atom stereocenters. The Kier molecular flexibility index (Phi) is 3.44. The molecule has 1 aromatic rings. The number of nitrogens with zero attached hydrogens (tertiary/aromatic N) is 1. The van der Waals surface area contributed by atoms with E-state index in [1.165, 1.54) is 18.4 Å². The predicted octanol–water partition coefficient (Wildman–Crippen LogP) is 2.90. The SMILES string of the molecule is Clc1ccccc1CC1CC[N]CC1.